The third kappa shape index (κ3) is 5.04. The number of benzene rings is 2. The van der Waals surface area contributed by atoms with Gasteiger partial charge in [-0.05, 0) is 55.8 Å². The van der Waals surface area contributed by atoms with Crippen LogP contribution in [-0.4, -0.2) is 34.1 Å². The van der Waals surface area contributed by atoms with Crippen molar-refractivity contribution in [3.05, 3.63) is 58.6 Å². The summed E-state index contributed by atoms with van der Waals surface area (Å²) in [5, 5.41) is 3.33. The number of anilines is 1. The maximum absolute atomic E-state index is 12.4. The number of hydrogen-bond acceptors (Lipinski definition) is 4. The van der Waals surface area contributed by atoms with Crippen LogP contribution in [0.2, 0.25) is 5.02 Å². The fraction of sp³-hybridized carbons (Fsp3) is 0.278. The summed E-state index contributed by atoms with van der Waals surface area (Å²) < 4.78 is 32.0. The largest absolute Gasteiger partial charge is 0.383 e. The van der Waals surface area contributed by atoms with E-state index < -0.39 is 10.0 Å². The molecular formula is C18H21ClN2O4S. The topological polar surface area (TPSA) is 84.5 Å². The molecule has 0 spiro atoms. The van der Waals surface area contributed by atoms with Crippen molar-refractivity contribution in [2.75, 3.05) is 19.0 Å². The Bertz CT molecular complexity index is 883. The molecule has 6 nitrogen and oxygen atoms in total. The van der Waals surface area contributed by atoms with Gasteiger partial charge in [-0.25, -0.2) is 13.1 Å². The second-order valence-electron chi connectivity index (χ2n) is 5.87. The van der Waals surface area contributed by atoms with Gasteiger partial charge in [-0.3, -0.25) is 4.79 Å². The van der Waals surface area contributed by atoms with Crippen LogP contribution in [0.3, 0.4) is 0 Å². The number of hydrogen-bond donors (Lipinski definition) is 2. The highest BCUT2D eigenvalue weighted by Gasteiger charge is 2.18. The first-order chi connectivity index (χ1) is 12.2. The van der Waals surface area contributed by atoms with Crippen LogP contribution in [0.1, 0.15) is 22.8 Å². The van der Waals surface area contributed by atoms with E-state index in [4.69, 9.17) is 16.3 Å². The molecule has 0 heterocycles. The summed E-state index contributed by atoms with van der Waals surface area (Å²) in [6.07, 6.45) is 0. The first-order valence-corrected chi connectivity index (χ1v) is 9.78. The molecule has 8 heteroatoms. The maximum atomic E-state index is 12.4. The highest BCUT2D eigenvalue weighted by atomic mass is 35.5. The fourth-order valence-electron chi connectivity index (χ4n) is 2.34. The first kappa shape index (κ1) is 20.4. The summed E-state index contributed by atoms with van der Waals surface area (Å²) in [4.78, 5) is 12.4. The van der Waals surface area contributed by atoms with Crippen LogP contribution in [-0.2, 0) is 14.8 Å². The Balaban J connectivity index is 2.13. The third-order valence-corrected chi connectivity index (χ3v) is 5.73. The number of methoxy groups -OCH3 is 1. The van der Waals surface area contributed by atoms with E-state index in [1.54, 1.807) is 32.0 Å². The van der Waals surface area contributed by atoms with Crippen LogP contribution in [0.15, 0.2) is 47.4 Å². The van der Waals surface area contributed by atoms with E-state index in [2.05, 4.69) is 10.0 Å². The minimum absolute atomic E-state index is 0.0796. The Labute approximate surface area is 158 Å². The number of carbonyl (C=O) groups is 1. The lowest BCUT2D eigenvalue weighted by Crippen LogP contribution is -2.35. The van der Waals surface area contributed by atoms with Crippen LogP contribution in [0, 0.1) is 6.92 Å². The molecule has 140 valence electrons. The van der Waals surface area contributed by atoms with Gasteiger partial charge in [0.2, 0.25) is 10.0 Å². The molecule has 0 fully saturated rings. The molecule has 0 saturated carbocycles. The van der Waals surface area contributed by atoms with Gasteiger partial charge in [0, 0.05) is 29.4 Å². The Morgan fingerprint density at radius 2 is 1.85 bits per heavy atom. The molecule has 2 N–H and O–H groups in total. The second-order valence-corrected chi connectivity index (χ2v) is 7.99. The monoisotopic (exact) mass is 396 g/mol. The van der Waals surface area contributed by atoms with Crippen molar-refractivity contribution in [3.63, 3.8) is 0 Å². The first-order valence-electron chi connectivity index (χ1n) is 7.92. The molecule has 26 heavy (non-hydrogen) atoms. The number of sulfonamides is 1. The smallest absolute Gasteiger partial charge is 0.255 e. The highest BCUT2D eigenvalue weighted by molar-refractivity contribution is 7.89. The molecule has 0 saturated heterocycles. The maximum Gasteiger partial charge on any atom is 0.255 e. The standard InChI is InChI=1S/C18H21ClN2O4S/c1-12(11-25-3)21-26(23,24)15-9-7-14(8-10-15)18(22)20-17-6-4-5-16(19)13(17)2/h4-10,12,21H,11H2,1-3H3,(H,20,22)/t12-/m1/s1. The molecule has 2 rings (SSSR count). The predicted molar refractivity (Wildman–Crippen MR) is 102 cm³/mol. The van der Waals surface area contributed by atoms with Gasteiger partial charge in [0.25, 0.3) is 5.91 Å². The molecule has 0 radical (unpaired) electrons. The van der Waals surface area contributed by atoms with E-state index >= 15 is 0 Å². The van der Waals surface area contributed by atoms with Crippen molar-refractivity contribution < 1.29 is 17.9 Å². The summed E-state index contributed by atoms with van der Waals surface area (Å²) >= 11 is 6.04. The minimum Gasteiger partial charge on any atom is -0.383 e. The summed E-state index contributed by atoms with van der Waals surface area (Å²) in [6.45, 7) is 3.77. The molecule has 0 aromatic heterocycles. The van der Waals surface area contributed by atoms with Gasteiger partial charge in [-0.15, -0.1) is 0 Å². The van der Waals surface area contributed by atoms with Gasteiger partial charge in [0.1, 0.15) is 0 Å². The minimum atomic E-state index is -3.67. The van der Waals surface area contributed by atoms with E-state index in [0.29, 0.717) is 16.3 Å². The lowest BCUT2D eigenvalue weighted by molar-refractivity contribution is 0.102. The molecule has 0 aliphatic rings. The highest BCUT2D eigenvalue weighted by Crippen LogP contribution is 2.23. The van der Waals surface area contributed by atoms with Crippen LogP contribution in [0.5, 0.6) is 0 Å². The number of amides is 1. The van der Waals surface area contributed by atoms with E-state index in [1.165, 1.54) is 31.4 Å². The number of halogens is 1. The zero-order valence-corrected chi connectivity index (χ0v) is 16.3. The van der Waals surface area contributed by atoms with E-state index in [9.17, 15) is 13.2 Å². The van der Waals surface area contributed by atoms with Crippen molar-refractivity contribution in [2.45, 2.75) is 24.8 Å². The summed E-state index contributed by atoms with van der Waals surface area (Å²) in [5.41, 5.74) is 1.71. The quantitative estimate of drug-likeness (QED) is 0.752. The zero-order chi connectivity index (χ0) is 19.3. The van der Waals surface area contributed by atoms with Crippen LogP contribution in [0.25, 0.3) is 0 Å². The number of carbonyl (C=O) groups excluding carboxylic acids is 1. The SMILES string of the molecule is COC[C@@H](C)NS(=O)(=O)c1ccc(C(=O)Nc2cccc(Cl)c2C)cc1. The average Bonchev–Trinajstić information content (AvgIpc) is 2.59. The predicted octanol–water partition coefficient (Wildman–Crippen LogP) is 3.21. The van der Waals surface area contributed by atoms with Crippen molar-refractivity contribution in [1.82, 2.24) is 4.72 Å². The lowest BCUT2D eigenvalue weighted by atomic mass is 10.1. The van der Waals surface area contributed by atoms with Gasteiger partial charge in [-0.1, -0.05) is 17.7 Å². The third-order valence-electron chi connectivity index (χ3n) is 3.72. The number of nitrogens with one attached hydrogen (secondary N) is 2. The summed E-state index contributed by atoms with van der Waals surface area (Å²) in [5.74, 6) is -0.347. The second kappa shape index (κ2) is 8.64. The van der Waals surface area contributed by atoms with Crippen molar-refractivity contribution in [3.8, 4) is 0 Å². The Hall–Kier alpha value is -1.93. The molecule has 2 aromatic rings. The van der Waals surface area contributed by atoms with Gasteiger partial charge in [-0.2, -0.15) is 0 Å². The van der Waals surface area contributed by atoms with Gasteiger partial charge < -0.3 is 10.1 Å². The average molecular weight is 397 g/mol. The molecular weight excluding hydrogens is 376 g/mol. The lowest BCUT2D eigenvalue weighted by Gasteiger charge is -2.13. The number of ether oxygens (including phenoxy) is 1. The zero-order valence-electron chi connectivity index (χ0n) is 14.7. The Kier molecular flexibility index (Phi) is 6.77. The molecule has 2 aromatic carbocycles. The Morgan fingerprint density at radius 3 is 2.46 bits per heavy atom. The van der Waals surface area contributed by atoms with Crippen molar-refractivity contribution in [1.29, 1.82) is 0 Å². The van der Waals surface area contributed by atoms with Crippen LogP contribution < -0.4 is 10.0 Å². The van der Waals surface area contributed by atoms with E-state index in [1.807, 2.05) is 0 Å². The van der Waals surface area contributed by atoms with Crippen molar-refractivity contribution in [2.24, 2.45) is 0 Å². The summed E-state index contributed by atoms with van der Waals surface area (Å²) in [7, 11) is -2.17. The van der Waals surface area contributed by atoms with Crippen molar-refractivity contribution >= 4 is 33.2 Å². The van der Waals surface area contributed by atoms with Gasteiger partial charge in [0.05, 0.1) is 11.5 Å². The van der Waals surface area contributed by atoms with E-state index in [-0.39, 0.29) is 23.5 Å². The molecule has 0 bridgehead atoms. The molecule has 0 unspecified atom stereocenters. The number of rotatable bonds is 7. The molecule has 0 aliphatic heterocycles. The normalized spacial score (nSPS) is 12.6. The van der Waals surface area contributed by atoms with Crippen LogP contribution >= 0.6 is 11.6 Å². The molecule has 1 atom stereocenters. The summed E-state index contributed by atoms with van der Waals surface area (Å²) in [6, 6.07) is 10.6. The van der Waals surface area contributed by atoms with E-state index in [0.717, 1.165) is 5.56 Å². The van der Waals surface area contributed by atoms with Gasteiger partial charge >= 0.3 is 0 Å². The van der Waals surface area contributed by atoms with Crippen LogP contribution in [0.4, 0.5) is 5.69 Å². The molecule has 1 amide bonds. The molecule has 0 aliphatic carbocycles. The fourth-order valence-corrected chi connectivity index (χ4v) is 3.74. The van der Waals surface area contributed by atoms with Gasteiger partial charge in [0.15, 0.2) is 0 Å². The Morgan fingerprint density at radius 1 is 1.19 bits per heavy atom.